The summed E-state index contributed by atoms with van der Waals surface area (Å²) in [5.41, 5.74) is 8.49. The average Bonchev–Trinajstić information content (AvgIpc) is 3.66. The highest BCUT2D eigenvalue weighted by atomic mass is 16.5. The molecule has 1 unspecified atom stereocenters. The molecule has 4 aromatic rings. The molecule has 0 radical (unpaired) electrons. The topological polar surface area (TPSA) is 160 Å². The van der Waals surface area contributed by atoms with Crippen LogP contribution in [0.4, 0.5) is 5.95 Å². The summed E-state index contributed by atoms with van der Waals surface area (Å²) in [4.78, 5) is 29.7. The number of hydrogen-bond acceptors (Lipinski definition) is 10. The Morgan fingerprint density at radius 2 is 1.97 bits per heavy atom. The molecule has 12 nitrogen and oxygen atoms in total. The largest absolute Gasteiger partial charge is 0.376 e. The van der Waals surface area contributed by atoms with Gasteiger partial charge in [-0.1, -0.05) is 17.6 Å². The Labute approximate surface area is 212 Å². The Kier molecular flexibility index (Phi) is 6.08. The van der Waals surface area contributed by atoms with Gasteiger partial charge < -0.3 is 20.3 Å². The molecule has 1 amide bonds. The third-order valence-electron chi connectivity index (χ3n) is 7.08. The molecule has 1 saturated carbocycles. The smallest absolute Gasteiger partial charge is 0.261 e. The summed E-state index contributed by atoms with van der Waals surface area (Å²) in [6.07, 6.45) is 13.5. The van der Waals surface area contributed by atoms with E-state index >= 15 is 0 Å². The first-order chi connectivity index (χ1) is 18.1. The Hall–Kier alpha value is -4.19. The molecule has 6 rings (SSSR count). The van der Waals surface area contributed by atoms with Gasteiger partial charge in [-0.3, -0.25) is 14.5 Å². The minimum Gasteiger partial charge on any atom is -0.376 e. The molecule has 4 aromatic heterocycles. The monoisotopic (exact) mass is 501 g/mol. The highest BCUT2D eigenvalue weighted by Gasteiger charge is 2.45. The van der Waals surface area contributed by atoms with E-state index in [2.05, 4.69) is 30.5 Å². The Balaban J connectivity index is 1.14. The van der Waals surface area contributed by atoms with E-state index in [1.165, 1.54) is 0 Å². The molecule has 190 valence electrons. The van der Waals surface area contributed by atoms with Crippen molar-refractivity contribution in [2.24, 2.45) is 0 Å². The van der Waals surface area contributed by atoms with Crippen LogP contribution in [-0.4, -0.2) is 60.0 Å². The van der Waals surface area contributed by atoms with Crippen LogP contribution in [0.1, 0.15) is 43.5 Å². The lowest BCUT2D eigenvalue weighted by Crippen LogP contribution is -2.36. The second-order valence-electron chi connectivity index (χ2n) is 9.49. The van der Waals surface area contributed by atoms with Crippen molar-refractivity contribution in [1.29, 1.82) is 0 Å². The molecular formula is C25H27N9O3. The fourth-order valence-electron chi connectivity index (χ4n) is 4.82. The molecule has 5 heterocycles. The number of nitrogens with two attached hydrogens (primary N) is 1. The molecule has 0 bridgehead atoms. The molecule has 12 heteroatoms. The maximum absolute atomic E-state index is 12.3. The number of pyridine rings is 1. The van der Waals surface area contributed by atoms with Crippen LogP contribution in [0.2, 0.25) is 0 Å². The van der Waals surface area contributed by atoms with E-state index in [9.17, 15) is 4.79 Å². The number of aromatic nitrogens is 7. The summed E-state index contributed by atoms with van der Waals surface area (Å²) in [5.74, 6) is 1.10. The van der Waals surface area contributed by atoms with Crippen molar-refractivity contribution >= 4 is 11.9 Å². The van der Waals surface area contributed by atoms with Crippen molar-refractivity contribution < 1.29 is 14.1 Å². The minimum atomic E-state index is -0.344. The molecule has 1 aliphatic heterocycles. The van der Waals surface area contributed by atoms with Crippen LogP contribution < -0.4 is 11.1 Å². The van der Waals surface area contributed by atoms with Crippen LogP contribution in [0.3, 0.4) is 0 Å². The molecule has 0 spiro atoms. The predicted molar refractivity (Wildman–Crippen MR) is 132 cm³/mol. The van der Waals surface area contributed by atoms with Crippen molar-refractivity contribution in [3.8, 4) is 22.7 Å². The molecule has 1 saturated heterocycles. The molecular weight excluding hydrogens is 474 g/mol. The Morgan fingerprint density at radius 1 is 1.11 bits per heavy atom. The van der Waals surface area contributed by atoms with Crippen LogP contribution in [0.5, 0.6) is 0 Å². The van der Waals surface area contributed by atoms with Gasteiger partial charge in [-0.2, -0.15) is 10.1 Å². The fraction of sp³-hybridized carbons (Fsp3) is 0.400. The SMILES string of the molecule is Nc1ncc(-c2ccc(C3(c4noc(-c5cnn(CC(=O)NCC6CCCO6)c5)n4)CCC3)cn2)cn1. The number of amides is 1. The van der Waals surface area contributed by atoms with Crippen LogP contribution >= 0.6 is 0 Å². The lowest BCUT2D eigenvalue weighted by Gasteiger charge is -2.39. The zero-order valence-electron chi connectivity index (χ0n) is 20.2. The van der Waals surface area contributed by atoms with E-state index in [-0.39, 0.29) is 29.9 Å². The van der Waals surface area contributed by atoms with E-state index in [4.69, 9.17) is 20.0 Å². The lowest BCUT2D eigenvalue weighted by atomic mass is 9.64. The summed E-state index contributed by atoms with van der Waals surface area (Å²) >= 11 is 0. The van der Waals surface area contributed by atoms with Gasteiger partial charge in [0, 0.05) is 43.5 Å². The average molecular weight is 502 g/mol. The van der Waals surface area contributed by atoms with Gasteiger partial charge in [0.1, 0.15) is 6.54 Å². The van der Waals surface area contributed by atoms with Crippen LogP contribution in [0.25, 0.3) is 22.7 Å². The number of carbonyl (C=O) groups is 1. The first kappa shape index (κ1) is 23.2. The highest BCUT2D eigenvalue weighted by Crippen LogP contribution is 2.48. The van der Waals surface area contributed by atoms with Gasteiger partial charge in [0.15, 0.2) is 5.82 Å². The number of nitrogens with one attached hydrogen (secondary N) is 1. The van der Waals surface area contributed by atoms with Crippen molar-refractivity contribution in [3.63, 3.8) is 0 Å². The van der Waals surface area contributed by atoms with E-state index in [0.717, 1.165) is 55.5 Å². The fourth-order valence-corrected chi connectivity index (χ4v) is 4.82. The van der Waals surface area contributed by atoms with Crippen LogP contribution in [0, 0.1) is 0 Å². The summed E-state index contributed by atoms with van der Waals surface area (Å²) in [7, 11) is 0. The number of hydrogen-bond donors (Lipinski definition) is 2. The van der Waals surface area contributed by atoms with Crippen LogP contribution in [-0.2, 0) is 21.5 Å². The Morgan fingerprint density at radius 3 is 2.68 bits per heavy atom. The number of nitrogens with zero attached hydrogens (tertiary/aromatic N) is 7. The second-order valence-corrected chi connectivity index (χ2v) is 9.49. The first-order valence-electron chi connectivity index (χ1n) is 12.4. The number of ether oxygens (including phenoxy) is 1. The molecule has 37 heavy (non-hydrogen) atoms. The number of anilines is 1. The zero-order chi connectivity index (χ0) is 25.2. The first-order valence-corrected chi connectivity index (χ1v) is 12.4. The van der Waals surface area contributed by atoms with Gasteiger partial charge in [0.2, 0.25) is 11.9 Å². The van der Waals surface area contributed by atoms with Gasteiger partial charge in [-0.05, 0) is 37.3 Å². The van der Waals surface area contributed by atoms with Crippen molar-refractivity contribution in [3.05, 3.63) is 54.5 Å². The van der Waals surface area contributed by atoms with Crippen LogP contribution in [0.15, 0.2) is 47.6 Å². The third kappa shape index (κ3) is 4.67. The third-order valence-corrected chi connectivity index (χ3v) is 7.08. The van der Waals surface area contributed by atoms with Gasteiger partial charge >= 0.3 is 0 Å². The van der Waals surface area contributed by atoms with Gasteiger partial charge in [0.25, 0.3) is 5.89 Å². The molecule has 1 aliphatic carbocycles. The van der Waals surface area contributed by atoms with E-state index in [0.29, 0.717) is 23.8 Å². The number of carbonyl (C=O) groups excluding carboxylic acids is 1. The van der Waals surface area contributed by atoms with Gasteiger partial charge in [0.05, 0.1) is 29.0 Å². The summed E-state index contributed by atoms with van der Waals surface area (Å²) in [6.45, 7) is 1.39. The zero-order valence-corrected chi connectivity index (χ0v) is 20.2. The number of rotatable bonds is 8. The summed E-state index contributed by atoms with van der Waals surface area (Å²) in [5, 5.41) is 11.5. The Bertz CT molecular complexity index is 1370. The van der Waals surface area contributed by atoms with E-state index < -0.39 is 0 Å². The molecule has 3 N–H and O–H groups in total. The van der Waals surface area contributed by atoms with Gasteiger partial charge in [-0.25, -0.2) is 9.97 Å². The van der Waals surface area contributed by atoms with Gasteiger partial charge in [-0.15, -0.1) is 0 Å². The maximum Gasteiger partial charge on any atom is 0.261 e. The van der Waals surface area contributed by atoms with E-state index in [1.54, 1.807) is 29.5 Å². The molecule has 0 aromatic carbocycles. The molecule has 1 atom stereocenters. The second kappa shape index (κ2) is 9.69. The highest BCUT2D eigenvalue weighted by molar-refractivity contribution is 5.75. The molecule has 2 fully saturated rings. The summed E-state index contributed by atoms with van der Waals surface area (Å²) < 4.78 is 12.7. The predicted octanol–water partition coefficient (Wildman–Crippen LogP) is 2.13. The quantitative estimate of drug-likeness (QED) is 0.366. The normalized spacial score (nSPS) is 18.4. The lowest BCUT2D eigenvalue weighted by molar-refractivity contribution is -0.122. The minimum absolute atomic E-state index is 0.103. The van der Waals surface area contributed by atoms with Crippen molar-refractivity contribution in [2.45, 2.75) is 50.2 Å². The van der Waals surface area contributed by atoms with Crippen molar-refractivity contribution in [2.75, 3.05) is 18.9 Å². The molecule has 2 aliphatic rings. The standard InChI is InChI=1S/C25H27N9O3/c26-24-29-9-16(10-30-24)20-5-4-18(12-27-20)25(6-2-7-25)23-32-22(37-33-23)17-11-31-34(14-17)15-21(35)28-13-19-3-1-8-36-19/h4-5,9-12,14,19H,1-3,6-8,13,15H2,(H,28,35)(H2,26,29,30). The summed E-state index contributed by atoms with van der Waals surface area (Å²) in [6, 6.07) is 3.99. The van der Waals surface area contributed by atoms with Crippen molar-refractivity contribution in [1.82, 2.24) is 40.2 Å². The maximum atomic E-state index is 12.3. The number of nitrogen functional groups attached to an aromatic ring is 1. The van der Waals surface area contributed by atoms with E-state index in [1.807, 2.05) is 18.3 Å².